The number of nitrogens with zero attached hydrogens (tertiary/aromatic N) is 4. The summed E-state index contributed by atoms with van der Waals surface area (Å²) in [4.78, 5) is 42.7. The van der Waals surface area contributed by atoms with Gasteiger partial charge in [-0.25, -0.2) is 0 Å². The van der Waals surface area contributed by atoms with Crippen molar-refractivity contribution in [2.45, 2.75) is 26.0 Å². The summed E-state index contributed by atoms with van der Waals surface area (Å²) in [6.07, 6.45) is -0.0546. The van der Waals surface area contributed by atoms with Crippen LogP contribution in [0, 0.1) is 10.1 Å². The first kappa shape index (κ1) is 17.9. The number of anilines is 1. The fraction of sp³-hybridized carbons (Fsp3) is 0.316. The number of amides is 2. The van der Waals surface area contributed by atoms with E-state index in [1.54, 1.807) is 11.8 Å². The van der Waals surface area contributed by atoms with E-state index in [1.807, 2.05) is 24.3 Å². The summed E-state index contributed by atoms with van der Waals surface area (Å²) >= 11 is 0. The molecule has 0 bridgehead atoms. The zero-order chi connectivity index (χ0) is 19.8. The molecule has 28 heavy (non-hydrogen) atoms. The number of pyridine rings is 1. The van der Waals surface area contributed by atoms with Gasteiger partial charge >= 0.3 is 5.82 Å². The van der Waals surface area contributed by atoms with Gasteiger partial charge in [0, 0.05) is 19.2 Å². The molecule has 144 valence electrons. The van der Waals surface area contributed by atoms with Crippen molar-refractivity contribution < 1.29 is 19.2 Å². The number of fused-ring (bicyclic) bond motifs is 2. The summed E-state index contributed by atoms with van der Waals surface area (Å²) < 4.78 is 5.48. The number of carbonyl (C=O) groups excluding carboxylic acids is 2. The Labute approximate surface area is 160 Å². The van der Waals surface area contributed by atoms with Crippen LogP contribution in [0.5, 0.6) is 5.75 Å². The topological polar surface area (TPSA) is 106 Å². The van der Waals surface area contributed by atoms with Crippen LogP contribution in [0.15, 0.2) is 36.4 Å². The number of rotatable bonds is 3. The third-order valence-electron chi connectivity index (χ3n) is 4.96. The molecule has 1 aromatic heterocycles. The Kier molecular flexibility index (Phi) is 4.42. The standard InChI is InChI=1S/C19H18N4O5/c1-12-19(25)22(18-15(28-12)6-7-16(20-18)23(26)27)11-17(24)21-9-8-13-4-2-3-5-14(13)10-21/h2-7,12H,8-11H2,1H3. The molecule has 9 heteroatoms. The Bertz CT molecular complexity index is 977. The van der Waals surface area contributed by atoms with Crippen molar-refractivity contribution in [2.75, 3.05) is 18.0 Å². The molecule has 0 aliphatic carbocycles. The molecular formula is C19H18N4O5. The second-order valence-electron chi connectivity index (χ2n) is 6.77. The van der Waals surface area contributed by atoms with Gasteiger partial charge in [-0.05, 0) is 40.4 Å². The quantitative estimate of drug-likeness (QED) is 0.591. The highest BCUT2D eigenvalue weighted by atomic mass is 16.6. The molecule has 0 saturated carbocycles. The van der Waals surface area contributed by atoms with Gasteiger partial charge in [0.05, 0.1) is 0 Å². The molecule has 2 aliphatic heterocycles. The molecule has 2 aromatic rings. The first-order valence-electron chi connectivity index (χ1n) is 8.92. The second-order valence-corrected chi connectivity index (χ2v) is 6.77. The zero-order valence-corrected chi connectivity index (χ0v) is 15.2. The summed E-state index contributed by atoms with van der Waals surface area (Å²) in [6.45, 7) is 2.36. The molecule has 3 heterocycles. The van der Waals surface area contributed by atoms with Crippen molar-refractivity contribution in [3.63, 3.8) is 0 Å². The van der Waals surface area contributed by atoms with Gasteiger partial charge in [-0.2, -0.15) is 0 Å². The van der Waals surface area contributed by atoms with E-state index in [9.17, 15) is 19.7 Å². The largest absolute Gasteiger partial charge is 0.475 e. The fourth-order valence-electron chi connectivity index (χ4n) is 3.47. The van der Waals surface area contributed by atoms with Crippen molar-refractivity contribution in [1.82, 2.24) is 9.88 Å². The van der Waals surface area contributed by atoms with E-state index in [4.69, 9.17) is 4.74 Å². The zero-order valence-electron chi connectivity index (χ0n) is 15.2. The Morgan fingerprint density at radius 3 is 2.79 bits per heavy atom. The van der Waals surface area contributed by atoms with Crippen LogP contribution in [0.1, 0.15) is 18.1 Å². The van der Waals surface area contributed by atoms with Gasteiger partial charge in [0.2, 0.25) is 5.91 Å². The molecule has 0 N–H and O–H groups in total. The van der Waals surface area contributed by atoms with Crippen molar-refractivity contribution in [3.05, 3.63) is 57.6 Å². The van der Waals surface area contributed by atoms with E-state index in [0.29, 0.717) is 13.1 Å². The summed E-state index contributed by atoms with van der Waals surface area (Å²) in [5, 5.41) is 11.0. The lowest BCUT2D eigenvalue weighted by atomic mass is 10.00. The SMILES string of the molecule is CC1Oc2ccc([N+](=O)[O-])nc2N(CC(=O)N2CCc3ccccc3C2)C1=O. The van der Waals surface area contributed by atoms with Crippen molar-refractivity contribution in [3.8, 4) is 5.75 Å². The maximum absolute atomic E-state index is 12.9. The number of carbonyl (C=O) groups is 2. The van der Waals surface area contributed by atoms with Gasteiger partial charge in [-0.15, -0.1) is 0 Å². The van der Waals surface area contributed by atoms with E-state index in [2.05, 4.69) is 4.98 Å². The molecule has 4 rings (SSSR count). The number of aromatic nitrogens is 1. The van der Waals surface area contributed by atoms with Crippen LogP contribution < -0.4 is 9.64 Å². The Hall–Kier alpha value is -3.49. The molecule has 2 aliphatic rings. The molecule has 0 spiro atoms. The molecule has 0 saturated heterocycles. The summed E-state index contributed by atoms with van der Waals surface area (Å²) in [5.41, 5.74) is 2.29. The van der Waals surface area contributed by atoms with E-state index >= 15 is 0 Å². The van der Waals surface area contributed by atoms with Gasteiger partial charge in [-0.3, -0.25) is 14.5 Å². The lowest BCUT2D eigenvalue weighted by molar-refractivity contribution is -0.389. The first-order valence-corrected chi connectivity index (χ1v) is 8.92. The van der Waals surface area contributed by atoms with Crippen LogP contribution >= 0.6 is 0 Å². The van der Waals surface area contributed by atoms with E-state index in [0.717, 1.165) is 12.0 Å². The van der Waals surface area contributed by atoms with E-state index in [-0.39, 0.29) is 24.0 Å². The maximum Gasteiger partial charge on any atom is 0.366 e. The average molecular weight is 382 g/mol. The average Bonchev–Trinajstić information content (AvgIpc) is 2.70. The van der Waals surface area contributed by atoms with Gasteiger partial charge in [0.1, 0.15) is 6.54 Å². The molecule has 1 aromatic carbocycles. The molecular weight excluding hydrogens is 364 g/mol. The Balaban J connectivity index is 1.59. The Morgan fingerprint density at radius 1 is 1.29 bits per heavy atom. The third-order valence-corrected chi connectivity index (χ3v) is 4.96. The van der Waals surface area contributed by atoms with Crippen molar-refractivity contribution in [1.29, 1.82) is 0 Å². The third kappa shape index (κ3) is 3.15. The van der Waals surface area contributed by atoms with E-state index in [1.165, 1.54) is 22.6 Å². The number of ether oxygens (including phenoxy) is 1. The monoisotopic (exact) mass is 382 g/mol. The second kappa shape index (κ2) is 6.91. The number of hydrogen-bond acceptors (Lipinski definition) is 6. The highest BCUT2D eigenvalue weighted by Gasteiger charge is 2.38. The minimum absolute atomic E-state index is 0.00283. The lowest BCUT2D eigenvalue weighted by Crippen LogP contribution is -2.50. The smallest absolute Gasteiger partial charge is 0.366 e. The summed E-state index contributed by atoms with van der Waals surface area (Å²) in [7, 11) is 0. The van der Waals surface area contributed by atoms with Crippen LogP contribution in [-0.2, 0) is 22.6 Å². The number of hydrogen-bond donors (Lipinski definition) is 0. The lowest BCUT2D eigenvalue weighted by Gasteiger charge is -2.33. The van der Waals surface area contributed by atoms with Crippen molar-refractivity contribution in [2.24, 2.45) is 0 Å². The van der Waals surface area contributed by atoms with Gasteiger partial charge in [-0.1, -0.05) is 24.3 Å². The molecule has 2 amide bonds. The van der Waals surface area contributed by atoms with Crippen LogP contribution in [0.2, 0.25) is 0 Å². The van der Waals surface area contributed by atoms with Gasteiger partial charge < -0.3 is 19.8 Å². The maximum atomic E-state index is 12.9. The normalized spacial score (nSPS) is 18.2. The molecule has 0 fully saturated rings. The summed E-state index contributed by atoms with van der Waals surface area (Å²) in [5.74, 6) is -0.853. The van der Waals surface area contributed by atoms with Crippen LogP contribution in [0.3, 0.4) is 0 Å². The molecule has 1 atom stereocenters. The first-order chi connectivity index (χ1) is 13.4. The van der Waals surface area contributed by atoms with E-state index < -0.39 is 22.8 Å². The molecule has 0 radical (unpaired) electrons. The van der Waals surface area contributed by atoms with Gasteiger partial charge in [0.25, 0.3) is 11.7 Å². The van der Waals surface area contributed by atoms with Crippen LogP contribution in [0.4, 0.5) is 11.6 Å². The highest BCUT2D eigenvalue weighted by molar-refractivity contribution is 6.02. The molecule has 1 unspecified atom stereocenters. The minimum Gasteiger partial charge on any atom is -0.475 e. The van der Waals surface area contributed by atoms with Crippen LogP contribution in [0.25, 0.3) is 0 Å². The predicted molar refractivity (Wildman–Crippen MR) is 98.9 cm³/mol. The Morgan fingerprint density at radius 2 is 2.04 bits per heavy atom. The number of nitro groups is 1. The van der Waals surface area contributed by atoms with Crippen molar-refractivity contribution >= 4 is 23.5 Å². The van der Waals surface area contributed by atoms with Crippen LogP contribution in [-0.4, -0.2) is 45.8 Å². The predicted octanol–water partition coefficient (Wildman–Crippen LogP) is 1.69. The highest BCUT2D eigenvalue weighted by Crippen LogP contribution is 2.34. The minimum atomic E-state index is -0.800. The fourth-order valence-corrected chi connectivity index (χ4v) is 3.47. The molecule has 9 nitrogen and oxygen atoms in total. The summed E-state index contributed by atoms with van der Waals surface area (Å²) in [6, 6.07) is 10.5. The number of benzene rings is 1. The van der Waals surface area contributed by atoms with Gasteiger partial charge in [0.15, 0.2) is 11.9 Å².